The molecule has 0 saturated carbocycles. The molecule has 0 atom stereocenters. The molecule has 0 aromatic heterocycles. The Hall–Kier alpha value is -1.29. The lowest BCUT2D eigenvalue weighted by molar-refractivity contribution is 0.514. The molecule has 1 aliphatic heterocycles. The summed E-state index contributed by atoms with van der Waals surface area (Å²) in [7, 11) is 0. The molecule has 0 unspecified atom stereocenters. The summed E-state index contributed by atoms with van der Waals surface area (Å²) in [6.45, 7) is 6.49. The molecule has 1 fully saturated rings. The SMILES string of the molecule is CS/C(=N\C(=Nc1ccccc1)N1CCCC1)C(C)C. The molecule has 3 nitrogen and oxygen atoms in total. The van der Waals surface area contributed by atoms with Crippen LogP contribution in [-0.2, 0) is 0 Å². The zero-order chi connectivity index (χ0) is 14.4. The van der Waals surface area contributed by atoms with Crippen LogP contribution in [0.5, 0.6) is 0 Å². The predicted molar refractivity (Wildman–Crippen MR) is 90.1 cm³/mol. The second kappa shape index (κ2) is 7.48. The van der Waals surface area contributed by atoms with E-state index in [0.29, 0.717) is 5.92 Å². The van der Waals surface area contributed by atoms with Gasteiger partial charge in [0.2, 0.25) is 5.96 Å². The standard InChI is InChI=1S/C16H23N3S/c1-13(2)15(20-3)18-16(19-11-7-8-12-19)17-14-9-5-4-6-10-14/h4-6,9-10,13H,7-8,11-12H2,1-3H3/b17-16?,18-15-. The number of aliphatic imine (C=N–C) groups is 2. The minimum atomic E-state index is 0.438. The summed E-state index contributed by atoms with van der Waals surface area (Å²) in [6.07, 6.45) is 4.56. The number of para-hydroxylation sites is 1. The van der Waals surface area contributed by atoms with Crippen LogP contribution in [-0.4, -0.2) is 35.2 Å². The Labute approximate surface area is 126 Å². The van der Waals surface area contributed by atoms with E-state index in [1.54, 1.807) is 11.8 Å². The van der Waals surface area contributed by atoms with Gasteiger partial charge in [-0.05, 0) is 31.2 Å². The largest absolute Gasteiger partial charge is 0.341 e. The van der Waals surface area contributed by atoms with Gasteiger partial charge in [0.05, 0.1) is 10.7 Å². The Morgan fingerprint density at radius 1 is 1.15 bits per heavy atom. The summed E-state index contributed by atoms with van der Waals surface area (Å²) in [4.78, 5) is 11.9. The van der Waals surface area contributed by atoms with E-state index in [-0.39, 0.29) is 0 Å². The maximum Gasteiger partial charge on any atom is 0.226 e. The van der Waals surface area contributed by atoms with Gasteiger partial charge < -0.3 is 4.90 Å². The van der Waals surface area contributed by atoms with Gasteiger partial charge >= 0.3 is 0 Å². The molecule has 0 N–H and O–H groups in total. The number of thioether (sulfide) groups is 1. The van der Waals surface area contributed by atoms with Crippen LogP contribution < -0.4 is 0 Å². The molecule has 0 aliphatic carbocycles. The van der Waals surface area contributed by atoms with E-state index in [1.165, 1.54) is 12.8 Å². The van der Waals surface area contributed by atoms with E-state index in [0.717, 1.165) is 29.8 Å². The normalized spacial score (nSPS) is 17.1. The second-order valence-corrected chi connectivity index (χ2v) is 6.08. The van der Waals surface area contributed by atoms with Crippen molar-refractivity contribution in [1.29, 1.82) is 0 Å². The van der Waals surface area contributed by atoms with Crippen molar-refractivity contribution >= 4 is 28.5 Å². The summed E-state index contributed by atoms with van der Waals surface area (Å²) in [5, 5.41) is 1.14. The van der Waals surface area contributed by atoms with Gasteiger partial charge in [-0.1, -0.05) is 32.0 Å². The van der Waals surface area contributed by atoms with Gasteiger partial charge in [0.25, 0.3) is 0 Å². The van der Waals surface area contributed by atoms with E-state index >= 15 is 0 Å². The van der Waals surface area contributed by atoms with E-state index in [2.05, 4.69) is 25.0 Å². The molecule has 1 aromatic rings. The van der Waals surface area contributed by atoms with Gasteiger partial charge in [-0.2, -0.15) is 0 Å². The summed E-state index contributed by atoms with van der Waals surface area (Å²) in [5.41, 5.74) is 0.974. The van der Waals surface area contributed by atoms with Crippen LogP contribution in [0.25, 0.3) is 0 Å². The molecule has 1 aliphatic rings. The van der Waals surface area contributed by atoms with E-state index in [1.807, 2.05) is 30.3 Å². The first-order chi connectivity index (χ1) is 9.70. The van der Waals surface area contributed by atoms with E-state index in [4.69, 9.17) is 9.98 Å². The Morgan fingerprint density at radius 2 is 1.80 bits per heavy atom. The van der Waals surface area contributed by atoms with E-state index in [9.17, 15) is 0 Å². The summed E-state index contributed by atoms with van der Waals surface area (Å²) in [6, 6.07) is 10.1. The monoisotopic (exact) mass is 289 g/mol. The zero-order valence-corrected chi connectivity index (χ0v) is 13.4. The molecule has 20 heavy (non-hydrogen) atoms. The topological polar surface area (TPSA) is 28.0 Å². The van der Waals surface area contributed by atoms with Crippen molar-refractivity contribution in [3.05, 3.63) is 30.3 Å². The first-order valence-corrected chi connectivity index (χ1v) is 8.44. The highest BCUT2D eigenvalue weighted by atomic mass is 32.2. The van der Waals surface area contributed by atoms with Gasteiger partial charge in [0, 0.05) is 19.0 Å². The van der Waals surface area contributed by atoms with Crippen molar-refractivity contribution < 1.29 is 0 Å². The number of hydrogen-bond donors (Lipinski definition) is 0. The highest BCUT2D eigenvalue weighted by Crippen LogP contribution is 2.18. The number of rotatable bonds is 2. The fourth-order valence-electron chi connectivity index (χ4n) is 2.21. The van der Waals surface area contributed by atoms with Crippen molar-refractivity contribution in [2.24, 2.45) is 15.9 Å². The first-order valence-electron chi connectivity index (χ1n) is 7.22. The molecule has 2 rings (SSSR count). The Balaban J connectivity index is 2.32. The lowest BCUT2D eigenvalue weighted by Crippen LogP contribution is -2.27. The molecule has 0 amide bonds. The van der Waals surface area contributed by atoms with Crippen LogP contribution >= 0.6 is 11.8 Å². The highest BCUT2D eigenvalue weighted by Gasteiger charge is 2.17. The van der Waals surface area contributed by atoms with Crippen LogP contribution in [0.15, 0.2) is 40.3 Å². The van der Waals surface area contributed by atoms with Crippen molar-refractivity contribution in [3.63, 3.8) is 0 Å². The van der Waals surface area contributed by atoms with Gasteiger partial charge in [0.1, 0.15) is 0 Å². The summed E-state index contributed by atoms with van der Waals surface area (Å²) in [5.74, 6) is 1.31. The molecule has 0 bridgehead atoms. The highest BCUT2D eigenvalue weighted by molar-refractivity contribution is 8.13. The number of nitrogens with zero attached hydrogens (tertiary/aromatic N) is 3. The molecular weight excluding hydrogens is 266 g/mol. The second-order valence-electron chi connectivity index (χ2n) is 5.25. The average molecular weight is 289 g/mol. The smallest absolute Gasteiger partial charge is 0.226 e. The van der Waals surface area contributed by atoms with Crippen LogP contribution in [0.1, 0.15) is 26.7 Å². The van der Waals surface area contributed by atoms with Crippen LogP contribution in [0.3, 0.4) is 0 Å². The van der Waals surface area contributed by atoms with Crippen molar-refractivity contribution in [2.75, 3.05) is 19.3 Å². The maximum atomic E-state index is 4.83. The maximum absolute atomic E-state index is 4.83. The average Bonchev–Trinajstić information content (AvgIpc) is 2.98. The Kier molecular flexibility index (Phi) is 5.65. The summed E-state index contributed by atoms with van der Waals surface area (Å²) >= 11 is 1.72. The van der Waals surface area contributed by atoms with Crippen LogP contribution in [0, 0.1) is 5.92 Å². The van der Waals surface area contributed by atoms with Gasteiger partial charge in [0.15, 0.2) is 0 Å². The lowest BCUT2D eigenvalue weighted by atomic mass is 10.2. The molecular formula is C16H23N3S. The number of benzene rings is 1. The lowest BCUT2D eigenvalue weighted by Gasteiger charge is -2.18. The molecule has 0 radical (unpaired) electrons. The Morgan fingerprint density at radius 3 is 2.35 bits per heavy atom. The summed E-state index contributed by atoms with van der Waals surface area (Å²) < 4.78 is 0. The number of likely N-dealkylation sites (tertiary alicyclic amines) is 1. The van der Waals surface area contributed by atoms with Crippen molar-refractivity contribution in [3.8, 4) is 0 Å². The quantitative estimate of drug-likeness (QED) is 0.603. The van der Waals surface area contributed by atoms with Crippen LogP contribution in [0.2, 0.25) is 0 Å². The molecule has 108 valence electrons. The van der Waals surface area contributed by atoms with Gasteiger partial charge in [-0.3, -0.25) is 0 Å². The fraction of sp³-hybridized carbons (Fsp3) is 0.500. The Bertz CT molecular complexity index is 474. The number of guanidine groups is 1. The van der Waals surface area contributed by atoms with Crippen LogP contribution in [0.4, 0.5) is 5.69 Å². The van der Waals surface area contributed by atoms with E-state index < -0.39 is 0 Å². The number of hydrogen-bond acceptors (Lipinski definition) is 2. The van der Waals surface area contributed by atoms with Crippen molar-refractivity contribution in [2.45, 2.75) is 26.7 Å². The third-order valence-corrected chi connectivity index (χ3v) is 4.27. The zero-order valence-electron chi connectivity index (χ0n) is 12.5. The molecule has 1 aromatic carbocycles. The molecule has 0 spiro atoms. The molecule has 4 heteroatoms. The van der Waals surface area contributed by atoms with Crippen molar-refractivity contribution in [1.82, 2.24) is 4.90 Å². The fourth-order valence-corrected chi connectivity index (χ4v) is 2.85. The van der Waals surface area contributed by atoms with Gasteiger partial charge in [-0.25, -0.2) is 9.98 Å². The minimum absolute atomic E-state index is 0.438. The molecule has 1 heterocycles. The van der Waals surface area contributed by atoms with Gasteiger partial charge in [-0.15, -0.1) is 11.8 Å². The third-order valence-electron chi connectivity index (χ3n) is 3.29. The first kappa shape index (κ1) is 15.1. The minimum Gasteiger partial charge on any atom is -0.341 e. The molecule has 1 saturated heterocycles. The predicted octanol–water partition coefficient (Wildman–Crippen LogP) is 4.19. The third kappa shape index (κ3) is 4.10.